The minimum Gasteiger partial charge on any atom is -0.462 e. The predicted molar refractivity (Wildman–Crippen MR) is 80.1 cm³/mol. The molecule has 1 aromatic rings. The highest BCUT2D eigenvalue weighted by Crippen LogP contribution is 2.57. The van der Waals surface area contributed by atoms with Gasteiger partial charge in [0.1, 0.15) is 6.10 Å². The maximum absolute atomic E-state index is 12.4. The van der Waals surface area contributed by atoms with Gasteiger partial charge in [0, 0.05) is 5.92 Å². The largest absolute Gasteiger partial charge is 0.462 e. The molecule has 2 aliphatic carbocycles. The number of benzene rings is 1. The standard InChI is InChI=1S/C16H15ClN2O4/c17-10-4-2-1-3-8(10)14(20)18-19-15(21)12-7-5-9-11(6-7)23-16(22)13(9)12/h1-4,7,9,11-13H,5-6H2,(H,18,20)(H,19,21)/t7-,9+,11-,12+,13+/m1/s1. The molecule has 2 N–H and O–H groups in total. The van der Waals surface area contributed by atoms with Crippen molar-refractivity contribution in [3.63, 3.8) is 0 Å². The van der Waals surface area contributed by atoms with Crippen molar-refractivity contribution >= 4 is 29.4 Å². The Kier molecular flexibility index (Phi) is 3.30. The average Bonchev–Trinajstić information content (AvgIpc) is 3.14. The molecule has 2 bridgehead atoms. The van der Waals surface area contributed by atoms with E-state index < -0.39 is 11.8 Å². The Labute approximate surface area is 137 Å². The summed E-state index contributed by atoms with van der Waals surface area (Å²) >= 11 is 5.95. The number of halogens is 1. The molecule has 0 spiro atoms. The van der Waals surface area contributed by atoms with Crippen molar-refractivity contribution in [3.05, 3.63) is 34.9 Å². The van der Waals surface area contributed by atoms with Crippen molar-refractivity contribution < 1.29 is 19.1 Å². The number of carbonyl (C=O) groups is 3. The first-order valence-corrected chi connectivity index (χ1v) is 7.99. The second kappa shape index (κ2) is 5.23. The number of carbonyl (C=O) groups excluding carboxylic acids is 3. The number of hydrogen-bond acceptors (Lipinski definition) is 4. The number of esters is 1. The Morgan fingerprint density at radius 1 is 1.17 bits per heavy atom. The van der Waals surface area contributed by atoms with Crippen LogP contribution in [0.15, 0.2) is 24.3 Å². The highest BCUT2D eigenvalue weighted by atomic mass is 35.5. The van der Waals surface area contributed by atoms with Gasteiger partial charge in [-0.05, 0) is 30.9 Å². The van der Waals surface area contributed by atoms with E-state index in [-0.39, 0.29) is 41.3 Å². The summed E-state index contributed by atoms with van der Waals surface area (Å²) in [5.41, 5.74) is 5.09. The van der Waals surface area contributed by atoms with E-state index in [1.807, 2.05) is 0 Å². The van der Waals surface area contributed by atoms with Crippen LogP contribution in [-0.4, -0.2) is 23.9 Å². The smallest absolute Gasteiger partial charge is 0.310 e. The molecule has 23 heavy (non-hydrogen) atoms. The Morgan fingerprint density at radius 3 is 2.74 bits per heavy atom. The lowest BCUT2D eigenvalue weighted by Gasteiger charge is -2.23. The van der Waals surface area contributed by atoms with E-state index in [1.165, 1.54) is 0 Å². The summed E-state index contributed by atoms with van der Waals surface area (Å²) in [6.45, 7) is 0. The third-order valence-electron chi connectivity index (χ3n) is 5.20. The lowest BCUT2D eigenvalue weighted by atomic mass is 9.79. The third-order valence-corrected chi connectivity index (χ3v) is 5.53. The van der Waals surface area contributed by atoms with Gasteiger partial charge in [0.15, 0.2) is 0 Å². The van der Waals surface area contributed by atoms with Gasteiger partial charge in [-0.2, -0.15) is 0 Å². The molecular formula is C16H15ClN2O4. The van der Waals surface area contributed by atoms with Crippen LogP contribution >= 0.6 is 11.6 Å². The Hall–Kier alpha value is -2.08. The molecule has 4 rings (SSSR count). The van der Waals surface area contributed by atoms with Crippen LogP contribution in [0, 0.1) is 23.7 Å². The molecule has 0 unspecified atom stereocenters. The minimum absolute atomic E-state index is 0.0146. The summed E-state index contributed by atoms with van der Waals surface area (Å²) in [5, 5.41) is 0.307. The monoisotopic (exact) mass is 334 g/mol. The van der Waals surface area contributed by atoms with Gasteiger partial charge in [-0.3, -0.25) is 25.2 Å². The second-order valence-corrected chi connectivity index (χ2v) is 6.75. The average molecular weight is 335 g/mol. The van der Waals surface area contributed by atoms with Crippen LogP contribution in [0.4, 0.5) is 0 Å². The SMILES string of the molecule is O=C(NNC(=O)[C@H]1[C@@H]2C[C@@H]3[C@@H]1C(=O)O[C@@H]3C2)c1ccccc1Cl. The number of ether oxygens (including phenoxy) is 1. The molecule has 2 saturated carbocycles. The first-order valence-electron chi connectivity index (χ1n) is 7.61. The first kappa shape index (κ1) is 14.5. The molecule has 2 amide bonds. The summed E-state index contributed by atoms with van der Waals surface area (Å²) in [6.07, 6.45) is 1.57. The lowest BCUT2D eigenvalue weighted by molar-refractivity contribution is -0.146. The van der Waals surface area contributed by atoms with E-state index >= 15 is 0 Å². The maximum Gasteiger partial charge on any atom is 0.310 e. The van der Waals surface area contributed by atoms with Crippen molar-refractivity contribution in [1.29, 1.82) is 0 Å². The van der Waals surface area contributed by atoms with Crippen molar-refractivity contribution in [1.82, 2.24) is 10.9 Å². The van der Waals surface area contributed by atoms with Gasteiger partial charge in [0.05, 0.1) is 22.4 Å². The van der Waals surface area contributed by atoms with Crippen LogP contribution in [0.1, 0.15) is 23.2 Å². The number of nitrogens with one attached hydrogen (secondary N) is 2. The third kappa shape index (κ3) is 2.20. The van der Waals surface area contributed by atoms with Gasteiger partial charge in [-0.25, -0.2) is 0 Å². The fourth-order valence-corrected chi connectivity index (χ4v) is 4.50. The summed E-state index contributed by atoms with van der Waals surface area (Å²) < 4.78 is 5.31. The minimum atomic E-state index is -0.487. The quantitative estimate of drug-likeness (QED) is 0.630. The highest BCUT2D eigenvalue weighted by molar-refractivity contribution is 6.33. The molecule has 0 aromatic heterocycles. The topological polar surface area (TPSA) is 84.5 Å². The molecule has 120 valence electrons. The lowest BCUT2D eigenvalue weighted by Crippen LogP contribution is -2.48. The molecule has 5 atom stereocenters. The molecule has 6 nitrogen and oxygen atoms in total. The Morgan fingerprint density at radius 2 is 1.96 bits per heavy atom. The highest BCUT2D eigenvalue weighted by Gasteiger charge is 2.63. The summed E-state index contributed by atoms with van der Waals surface area (Å²) in [6, 6.07) is 6.57. The molecule has 1 saturated heterocycles. The van der Waals surface area contributed by atoms with Gasteiger partial charge in [0.2, 0.25) is 5.91 Å². The summed E-state index contributed by atoms with van der Waals surface area (Å²) in [4.78, 5) is 36.4. The molecular weight excluding hydrogens is 320 g/mol. The van der Waals surface area contributed by atoms with Gasteiger partial charge in [-0.15, -0.1) is 0 Å². The maximum atomic E-state index is 12.4. The van der Waals surface area contributed by atoms with Crippen LogP contribution in [0.3, 0.4) is 0 Å². The fourth-order valence-electron chi connectivity index (χ4n) is 4.28. The van der Waals surface area contributed by atoms with E-state index in [4.69, 9.17) is 16.3 Å². The van der Waals surface area contributed by atoms with Crippen LogP contribution in [0.2, 0.25) is 5.02 Å². The van der Waals surface area contributed by atoms with E-state index in [9.17, 15) is 14.4 Å². The summed E-state index contributed by atoms with van der Waals surface area (Å²) in [7, 11) is 0. The molecule has 1 aliphatic heterocycles. The van der Waals surface area contributed by atoms with E-state index in [0.717, 1.165) is 12.8 Å². The first-order chi connectivity index (χ1) is 11.1. The number of fused-ring (bicyclic) bond motifs is 1. The number of rotatable bonds is 2. The van der Waals surface area contributed by atoms with Crippen LogP contribution in [0.5, 0.6) is 0 Å². The fraction of sp³-hybridized carbons (Fsp3) is 0.438. The number of hydrogen-bond donors (Lipinski definition) is 2. The Bertz CT molecular complexity index is 705. The predicted octanol–water partition coefficient (Wildman–Crippen LogP) is 1.30. The zero-order valence-corrected chi connectivity index (χ0v) is 12.9. The van der Waals surface area contributed by atoms with Crippen LogP contribution in [-0.2, 0) is 14.3 Å². The molecule has 3 aliphatic rings. The van der Waals surface area contributed by atoms with Crippen LogP contribution < -0.4 is 10.9 Å². The van der Waals surface area contributed by atoms with Gasteiger partial charge >= 0.3 is 5.97 Å². The van der Waals surface area contributed by atoms with Crippen molar-refractivity contribution in [2.75, 3.05) is 0 Å². The zero-order chi connectivity index (χ0) is 16.1. The van der Waals surface area contributed by atoms with Crippen molar-refractivity contribution in [2.45, 2.75) is 18.9 Å². The van der Waals surface area contributed by atoms with E-state index in [2.05, 4.69) is 10.9 Å². The molecule has 1 aromatic carbocycles. The molecule has 1 heterocycles. The number of hydrazine groups is 1. The molecule has 3 fully saturated rings. The van der Waals surface area contributed by atoms with E-state index in [1.54, 1.807) is 24.3 Å². The number of amides is 2. The molecule has 7 heteroatoms. The second-order valence-electron chi connectivity index (χ2n) is 6.35. The van der Waals surface area contributed by atoms with Crippen molar-refractivity contribution in [3.8, 4) is 0 Å². The molecule has 0 radical (unpaired) electrons. The normalized spacial score (nSPS) is 33.4. The van der Waals surface area contributed by atoms with Gasteiger partial charge in [0.25, 0.3) is 5.91 Å². The van der Waals surface area contributed by atoms with Crippen LogP contribution in [0.25, 0.3) is 0 Å². The van der Waals surface area contributed by atoms with Crippen molar-refractivity contribution in [2.24, 2.45) is 23.7 Å². The summed E-state index contributed by atoms with van der Waals surface area (Å²) in [5.74, 6) is -1.58. The zero-order valence-electron chi connectivity index (χ0n) is 12.1. The van der Waals surface area contributed by atoms with Gasteiger partial charge < -0.3 is 4.74 Å². The van der Waals surface area contributed by atoms with E-state index in [0.29, 0.717) is 5.02 Å². The van der Waals surface area contributed by atoms with Gasteiger partial charge in [-0.1, -0.05) is 23.7 Å². The Balaban J connectivity index is 1.42.